The Bertz CT molecular complexity index is 351. The molecule has 0 aliphatic carbocycles. The van der Waals surface area contributed by atoms with E-state index >= 15 is 0 Å². The van der Waals surface area contributed by atoms with E-state index in [0.717, 1.165) is 13.0 Å². The molecule has 0 aromatic heterocycles. The van der Waals surface area contributed by atoms with Crippen molar-refractivity contribution < 1.29 is 9.18 Å². The predicted octanol–water partition coefficient (Wildman–Crippen LogP) is 1.77. The maximum atomic E-state index is 13.4. The van der Waals surface area contributed by atoms with Crippen molar-refractivity contribution in [2.75, 3.05) is 20.1 Å². The van der Waals surface area contributed by atoms with E-state index in [1.54, 1.807) is 12.1 Å². The molecule has 5 heteroatoms. The monoisotopic (exact) mass is 336 g/mol. The van der Waals surface area contributed by atoms with E-state index in [1.165, 1.54) is 6.07 Å². The smallest absolute Gasteiger partial charge is 0.255 e. The van der Waals surface area contributed by atoms with Gasteiger partial charge >= 0.3 is 0 Å². The van der Waals surface area contributed by atoms with Crippen LogP contribution in [0.15, 0.2) is 18.2 Å². The van der Waals surface area contributed by atoms with Crippen molar-refractivity contribution >= 4 is 28.5 Å². The molecule has 0 heterocycles. The summed E-state index contributed by atoms with van der Waals surface area (Å²) in [6.07, 6.45) is 0.827. The molecule has 2 N–H and O–H groups in total. The molecule has 1 aromatic carbocycles. The Balaban J connectivity index is 2.59. The van der Waals surface area contributed by atoms with E-state index in [4.69, 9.17) is 0 Å². The average Bonchev–Trinajstić information content (AvgIpc) is 2.24. The maximum Gasteiger partial charge on any atom is 0.255 e. The van der Waals surface area contributed by atoms with Crippen molar-refractivity contribution in [1.29, 1.82) is 0 Å². The van der Waals surface area contributed by atoms with E-state index in [0.29, 0.717) is 10.1 Å². The van der Waals surface area contributed by atoms with Crippen molar-refractivity contribution in [3.63, 3.8) is 0 Å². The zero-order valence-corrected chi connectivity index (χ0v) is 11.2. The molecule has 0 radical (unpaired) electrons. The average molecular weight is 336 g/mol. The summed E-state index contributed by atoms with van der Waals surface area (Å²) in [5, 5.41) is 5.67. The molecule has 88 valence electrons. The number of rotatable bonds is 5. The zero-order valence-electron chi connectivity index (χ0n) is 9.02. The van der Waals surface area contributed by atoms with Crippen molar-refractivity contribution in [1.82, 2.24) is 10.6 Å². The summed E-state index contributed by atoms with van der Waals surface area (Å²) in [4.78, 5) is 11.7. The quantitative estimate of drug-likeness (QED) is 0.636. The molecule has 0 saturated carbocycles. The van der Waals surface area contributed by atoms with E-state index in [9.17, 15) is 9.18 Å². The third-order valence-electron chi connectivity index (χ3n) is 2.08. The van der Waals surface area contributed by atoms with Gasteiger partial charge in [-0.2, -0.15) is 0 Å². The van der Waals surface area contributed by atoms with E-state index < -0.39 is 5.82 Å². The van der Waals surface area contributed by atoms with Crippen LogP contribution < -0.4 is 10.6 Å². The van der Waals surface area contributed by atoms with Gasteiger partial charge in [-0.05, 0) is 54.7 Å². The molecule has 0 bridgehead atoms. The molecule has 0 saturated heterocycles. The third kappa shape index (κ3) is 3.71. The third-order valence-corrected chi connectivity index (χ3v) is 2.98. The Morgan fingerprint density at radius 2 is 2.19 bits per heavy atom. The number of amides is 1. The minimum absolute atomic E-state index is 0.132. The lowest BCUT2D eigenvalue weighted by molar-refractivity contribution is 0.0948. The fraction of sp³-hybridized carbons (Fsp3) is 0.364. The molecule has 3 nitrogen and oxygen atoms in total. The summed E-state index contributed by atoms with van der Waals surface area (Å²) < 4.78 is 14.0. The summed E-state index contributed by atoms with van der Waals surface area (Å²) in [5.41, 5.74) is 0.132. The highest BCUT2D eigenvalue weighted by Gasteiger charge is 2.14. The van der Waals surface area contributed by atoms with Gasteiger partial charge in [0.05, 0.1) is 5.56 Å². The Morgan fingerprint density at radius 1 is 1.44 bits per heavy atom. The summed E-state index contributed by atoms with van der Waals surface area (Å²) in [7, 11) is 1.85. The molecule has 0 spiro atoms. The number of halogens is 2. The van der Waals surface area contributed by atoms with Gasteiger partial charge in [0, 0.05) is 10.1 Å². The summed E-state index contributed by atoms with van der Waals surface area (Å²) in [5.74, 6) is -0.823. The lowest BCUT2D eigenvalue weighted by Crippen LogP contribution is -2.28. The van der Waals surface area contributed by atoms with Crippen LogP contribution in [0.4, 0.5) is 4.39 Å². The second kappa shape index (κ2) is 6.80. The second-order valence-electron chi connectivity index (χ2n) is 3.31. The van der Waals surface area contributed by atoms with Crippen LogP contribution in [0.1, 0.15) is 16.8 Å². The normalized spacial score (nSPS) is 10.2. The van der Waals surface area contributed by atoms with Crippen LogP contribution in [0.2, 0.25) is 0 Å². The van der Waals surface area contributed by atoms with Gasteiger partial charge in [-0.1, -0.05) is 6.07 Å². The molecule has 1 amide bonds. The molecule has 0 atom stereocenters. The SMILES string of the molecule is CNCCCNC(=O)c1c(F)cccc1I. The number of hydrogen-bond donors (Lipinski definition) is 2. The van der Waals surface area contributed by atoms with Crippen LogP contribution in [-0.4, -0.2) is 26.0 Å². The number of hydrogen-bond acceptors (Lipinski definition) is 2. The summed E-state index contributed by atoms with van der Waals surface area (Å²) >= 11 is 1.96. The molecular weight excluding hydrogens is 322 g/mol. The van der Waals surface area contributed by atoms with Crippen LogP contribution in [0.3, 0.4) is 0 Å². The minimum Gasteiger partial charge on any atom is -0.352 e. The topological polar surface area (TPSA) is 41.1 Å². The van der Waals surface area contributed by atoms with Gasteiger partial charge < -0.3 is 10.6 Å². The molecule has 0 aliphatic heterocycles. The van der Waals surface area contributed by atoms with Crippen molar-refractivity contribution in [2.24, 2.45) is 0 Å². The molecule has 0 fully saturated rings. The highest BCUT2D eigenvalue weighted by atomic mass is 127. The highest BCUT2D eigenvalue weighted by Crippen LogP contribution is 2.15. The van der Waals surface area contributed by atoms with Gasteiger partial charge in [0.1, 0.15) is 5.82 Å². The Kier molecular flexibility index (Phi) is 5.68. The van der Waals surface area contributed by atoms with Gasteiger partial charge in [0.15, 0.2) is 0 Å². The first-order chi connectivity index (χ1) is 7.66. The van der Waals surface area contributed by atoms with Gasteiger partial charge in [0.2, 0.25) is 0 Å². The molecule has 0 unspecified atom stereocenters. The van der Waals surface area contributed by atoms with E-state index in [2.05, 4.69) is 10.6 Å². The molecule has 1 rings (SSSR count). The standard InChI is InChI=1S/C11H14FIN2O/c1-14-6-3-7-15-11(16)10-8(12)4-2-5-9(10)13/h2,4-5,14H,3,6-7H2,1H3,(H,15,16). The number of nitrogens with one attached hydrogen (secondary N) is 2. The largest absolute Gasteiger partial charge is 0.352 e. The first-order valence-electron chi connectivity index (χ1n) is 5.03. The lowest BCUT2D eigenvalue weighted by atomic mass is 10.2. The fourth-order valence-corrected chi connectivity index (χ4v) is 1.98. The van der Waals surface area contributed by atoms with Crippen molar-refractivity contribution in [3.05, 3.63) is 33.1 Å². The van der Waals surface area contributed by atoms with Gasteiger partial charge in [0.25, 0.3) is 5.91 Å². The van der Waals surface area contributed by atoms with Crippen LogP contribution in [-0.2, 0) is 0 Å². The first-order valence-corrected chi connectivity index (χ1v) is 6.11. The van der Waals surface area contributed by atoms with Gasteiger partial charge in [-0.15, -0.1) is 0 Å². The van der Waals surface area contributed by atoms with Crippen LogP contribution in [0.25, 0.3) is 0 Å². The number of carbonyl (C=O) groups is 1. The van der Waals surface area contributed by atoms with E-state index in [1.807, 2.05) is 29.6 Å². The Labute approximate surface area is 108 Å². The predicted molar refractivity (Wildman–Crippen MR) is 70.0 cm³/mol. The fourth-order valence-electron chi connectivity index (χ4n) is 1.27. The highest BCUT2D eigenvalue weighted by molar-refractivity contribution is 14.1. The van der Waals surface area contributed by atoms with Gasteiger partial charge in [-0.25, -0.2) is 4.39 Å². The lowest BCUT2D eigenvalue weighted by Gasteiger charge is -2.07. The molecular formula is C11H14FIN2O. The Hall–Kier alpha value is -0.690. The molecule has 1 aromatic rings. The Morgan fingerprint density at radius 3 is 2.81 bits per heavy atom. The zero-order chi connectivity index (χ0) is 12.0. The minimum atomic E-state index is -0.474. The molecule has 0 aliphatic rings. The summed E-state index contributed by atoms with van der Waals surface area (Å²) in [6.45, 7) is 1.37. The maximum absolute atomic E-state index is 13.4. The van der Waals surface area contributed by atoms with Gasteiger partial charge in [-0.3, -0.25) is 4.79 Å². The molecule has 16 heavy (non-hydrogen) atoms. The van der Waals surface area contributed by atoms with E-state index in [-0.39, 0.29) is 11.5 Å². The van der Waals surface area contributed by atoms with Crippen LogP contribution in [0.5, 0.6) is 0 Å². The number of benzene rings is 1. The van der Waals surface area contributed by atoms with Crippen LogP contribution in [0, 0.1) is 9.39 Å². The van der Waals surface area contributed by atoms with Crippen molar-refractivity contribution in [2.45, 2.75) is 6.42 Å². The number of carbonyl (C=O) groups excluding carboxylic acids is 1. The van der Waals surface area contributed by atoms with Crippen molar-refractivity contribution in [3.8, 4) is 0 Å². The summed E-state index contributed by atoms with van der Waals surface area (Å²) in [6, 6.07) is 4.60. The second-order valence-corrected chi connectivity index (χ2v) is 4.47. The van der Waals surface area contributed by atoms with Crippen LogP contribution >= 0.6 is 22.6 Å². The first kappa shape index (κ1) is 13.4.